The second-order valence-corrected chi connectivity index (χ2v) is 6.34. The van der Waals surface area contributed by atoms with Gasteiger partial charge in [0.2, 0.25) is 12.1 Å². The van der Waals surface area contributed by atoms with Crippen LogP contribution in [0.25, 0.3) is 4.85 Å². The van der Waals surface area contributed by atoms with Gasteiger partial charge in [0.05, 0.1) is 0 Å². The van der Waals surface area contributed by atoms with Gasteiger partial charge in [0, 0.05) is 23.7 Å². The molecule has 2 fully saturated rings. The molecule has 0 aliphatic heterocycles. The fourth-order valence-corrected chi connectivity index (χ4v) is 3.99. The van der Waals surface area contributed by atoms with Gasteiger partial charge in [-0.15, -0.1) is 0 Å². The van der Waals surface area contributed by atoms with Gasteiger partial charge in [0.15, 0.2) is 0 Å². The van der Waals surface area contributed by atoms with E-state index in [2.05, 4.69) is 4.85 Å². The number of hydrogen-bond acceptors (Lipinski definition) is 2. The molecule has 2 saturated carbocycles. The van der Waals surface area contributed by atoms with Gasteiger partial charge in [-0.1, -0.05) is 0 Å². The SMILES string of the molecule is [C-]#[N+]C1CCC(C2CCC(F)CC2[N+](=O)[O-])CC1C(F)(F)F. The normalized spacial score (nSPS) is 40.0. The van der Waals surface area contributed by atoms with Crippen molar-refractivity contribution in [2.45, 2.75) is 63.0 Å². The van der Waals surface area contributed by atoms with E-state index in [1.54, 1.807) is 0 Å². The summed E-state index contributed by atoms with van der Waals surface area (Å²) in [6.45, 7) is 6.92. The first kappa shape index (κ1) is 17.0. The van der Waals surface area contributed by atoms with E-state index in [1.807, 2.05) is 0 Å². The molecule has 124 valence electrons. The van der Waals surface area contributed by atoms with Gasteiger partial charge in [-0.05, 0) is 31.6 Å². The highest BCUT2D eigenvalue weighted by molar-refractivity contribution is 4.98. The minimum absolute atomic E-state index is 0.109. The van der Waals surface area contributed by atoms with Crippen LogP contribution in [-0.4, -0.2) is 29.4 Å². The number of nitro groups is 1. The summed E-state index contributed by atoms with van der Waals surface area (Å²) in [5.41, 5.74) is 0. The number of halogens is 4. The lowest BCUT2D eigenvalue weighted by Crippen LogP contribution is -2.45. The number of nitrogens with zero attached hydrogens (tertiary/aromatic N) is 2. The summed E-state index contributed by atoms with van der Waals surface area (Å²) < 4.78 is 52.7. The zero-order chi connectivity index (χ0) is 16.5. The van der Waals surface area contributed by atoms with Gasteiger partial charge in [-0.3, -0.25) is 10.1 Å². The van der Waals surface area contributed by atoms with Gasteiger partial charge < -0.3 is 4.85 Å². The van der Waals surface area contributed by atoms with Gasteiger partial charge in [-0.25, -0.2) is 11.0 Å². The summed E-state index contributed by atoms with van der Waals surface area (Å²) in [6.07, 6.45) is -5.25. The Bertz CT molecular complexity index is 463. The summed E-state index contributed by atoms with van der Waals surface area (Å²) >= 11 is 0. The first-order valence-corrected chi connectivity index (χ1v) is 7.44. The molecule has 0 bridgehead atoms. The molecule has 0 spiro atoms. The molecule has 0 heterocycles. The molecule has 0 radical (unpaired) electrons. The minimum atomic E-state index is -4.46. The zero-order valence-electron chi connectivity index (χ0n) is 11.9. The summed E-state index contributed by atoms with van der Waals surface area (Å²) in [5, 5.41) is 11.1. The predicted molar refractivity (Wildman–Crippen MR) is 70.3 cm³/mol. The second kappa shape index (κ2) is 6.39. The minimum Gasteiger partial charge on any atom is -0.313 e. The first-order chi connectivity index (χ1) is 10.2. The van der Waals surface area contributed by atoms with E-state index in [0.29, 0.717) is 6.42 Å². The van der Waals surface area contributed by atoms with Crippen molar-refractivity contribution in [1.29, 1.82) is 0 Å². The monoisotopic (exact) mass is 322 g/mol. The summed E-state index contributed by atoms with van der Waals surface area (Å²) in [5.74, 6) is -2.69. The van der Waals surface area contributed by atoms with Crippen molar-refractivity contribution in [2.75, 3.05) is 0 Å². The molecule has 2 aliphatic carbocycles. The lowest BCUT2D eigenvalue weighted by molar-refractivity contribution is -0.539. The topological polar surface area (TPSA) is 47.5 Å². The van der Waals surface area contributed by atoms with Crippen LogP contribution in [0.1, 0.15) is 38.5 Å². The quantitative estimate of drug-likeness (QED) is 0.333. The lowest BCUT2D eigenvalue weighted by Gasteiger charge is -2.38. The standard InChI is InChI=1S/C14H18F4N2O2/c1-19-12-5-2-8(6-11(12)14(16,17)18)10-4-3-9(15)7-13(10)20(21)22/h8-13H,2-7H2. The van der Waals surface area contributed by atoms with Crippen LogP contribution in [0, 0.1) is 34.4 Å². The third-order valence-corrected chi connectivity index (χ3v) is 5.12. The third kappa shape index (κ3) is 3.50. The van der Waals surface area contributed by atoms with Crippen molar-refractivity contribution >= 4 is 0 Å². The van der Waals surface area contributed by atoms with E-state index >= 15 is 0 Å². The maximum absolute atomic E-state index is 13.4. The smallest absolute Gasteiger partial charge is 0.313 e. The number of rotatable bonds is 2. The maximum atomic E-state index is 13.4. The van der Waals surface area contributed by atoms with Crippen LogP contribution < -0.4 is 0 Å². The van der Waals surface area contributed by atoms with E-state index in [1.165, 1.54) is 0 Å². The molecule has 0 aromatic heterocycles. The highest BCUT2D eigenvalue weighted by Gasteiger charge is 2.54. The molecule has 4 nitrogen and oxygen atoms in total. The highest BCUT2D eigenvalue weighted by Crippen LogP contribution is 2.47. The molecule has 0 aromatic rings. The average Bonchev–Trinajstić information content (AvgIpc) is 2.45. The molecule has 6 atom stereocenters. The van der Waals surface area contributed by atoms with Crippen molar-refractivity contribution in [2.24, 2.45) is 17.8 Å². The van der Waals surface area contributed by atoms with Crippen LogP contribution in [0.4, 0.5) is 17.6 Å². The zero-order valence-corrected chi connectivity index (χ0v) is 11.9. The van der Waals surface area contributed by atoms with Crippen molar-refractivity contribution in [1.82, 2.24) is 0 Å². The van der Waals surface area contributed by atoms with Crippen molar-refractivity contribution in [3.63, 3.8) is 0 Å². The van der Waals surface area contributed by atoms with Crippen LogP contribution in [0.3, 0.4) is 0 Å². The molecule has 0 amide bonds. The van der Waals surface area contributed by atoms with Crippen LogP contribution in [0.2, 0.25) is 0 Å². The van der Waals surface area contributed by atoms with E-state index in [9.17, 15) is 27.7 Å². The van der Waals surface area contributed by atoms with Gasteiger partial charge in [-0.2, -0.15) is 13.2 Å². The van der Waals surface area contributed by atoms with Gasteiger partial charge in [0.1, 0.15) is 12.1 Å². The Balaban J connectivity index is 2.15. The fraction of sp³-hybridized carbons (Fsp3) is 0.929. The van der Waals surface area contributed by atoms with Crippen LogP contribution in [0.15, 0.2) is 0 Å². The molecule has 8 heteroatoms. The molecular weight excluding hydrogens is 304 g/mol. The fourth-order valence-electron chi connectivity index (χ4n) is 3.99. The Morgan fingerprint density at radius 3 is 2.36 bits per heavy atom. The first-order valence-electron chi connectivity index (χ1n) is 7.44. The van der Waals surface area contributed by atoms with Crippen molar-refractivity contribution < 1.29 is 22.5 Å². The molecule has 2 rings (SSSR count). The average molecular weight is 322 g/mol. The van der Waals surface area contributed by atoms with Gasteiger partial charge in [0.25, 0.3) is 0 Å². The molecule has 0 saturated heterocycles. The Hall–Kier alpha value is -1.39. The van der Waals surface area contributed by atoms with E-state index in [4.69, 9.17) is 6.57 Å². The van der Waals surface area contributed by atoms with Crippen LogP contribution in [-0.2, 0) is 0 Å². The Kier molecular flexibility index (Phi) is 4.93. The van der Waals surface area contributed by atoms with E-state index < -0.39 is 47.1 Å². The maximum Gasteiger partial charge on any atom is 0.399 e. The molecular formula is C14H18F4N2O2. The van der Waals surface area contributed by atoms with Crippen molar-refractivity contribution in [3.05, 3.63) is 21.5 Å². The Labute approximate surface area is 125 Å². The lowest BCUT2D eigenvalue weighted by atomic mass is 9.67. The van der Waals surface area contributed by atoms with Crippen LogP contribution >= 0.6 is 0 Å². The third-order valence-electron chi connectivity index (χ3n) is 5.12. The molecule has 22 heavy (non-hydrogen) atoms. The van der Waals surface area contributed by atoms with E-state index in [-0.39, 0.29) is 32.1 Å². The highest BCUT2D eigenvalue weighted by atomic mass is 19.4. The summed E-state index contributed by atoms with van der Waals surface area (Å²) in [7, 11) is 0. The summed E-state index contributed by atoms with van der Waals surface area (Å²) in [4.78, 5) is 13.7. The van der Waals surface area contributed by atoms with E-state index in [0.717, 1.165) is 0 Å². The summed E-state index contributed by atoms with van der Waals surface area (Å²) in [6, 6.07) is -2.20. The molecule has 0 aromatic carbocycles. The number of alkyl halides is 4. The second-order valence-electron chi connectivity index (χ2n) is 6.34. The largest absolute Gasteiger partial charge is 0.399 e. The van der Waals surface area contributed by atoms with Gasteiger partial charge >= 0.3 is 6.18 Å². The number of hydrogen-bond donors (Lipinski definition) is 0. The predicted octanol–water partition coefficient (Wildman–Crippen LogP) is 4.04. The Morgan fingerprint density at radius 2 is 1.82 bits per heavy atom. The molecule has 6 unspecified atom stereocenters. The molecule has 0 N–H and O–H groups in total. The Morgan fingerprint density at radius 1 is 1.14 bits per heavy atom. The molecule has 2 aliphatic rings. The van der Waals surface area contributed by atoms with Crippen molar-refractivity contribution in [3.8, 4) is 0 Å². The van der Waals surface area contributed by atoms with Crippen LogP contribution in [0.5, 0.6) is 0 Å².